The molecule has 0 aliphatic carbocycles. The molecule has 8 nitrogen and oxygen atoms in total. The lowest BCUT2D eigenvalue weighted by Gasteiger charge is -2.29. The number of nitrogens with zero attached hydrogens (tertiary/aromatic N) is 2. The quantitative estimate of drug-likeness (QED) is 0.179. The normalized spacial score (nSPS) is 17.7. The van der Waals surface area contributed by atoms with Crippen molar-refractivity contribution in [1.29, 1.82) is 0 Å². The molecular weight excluding hydrogens is 529 g/mol. The summed E-state index contributed by atoms with van der Waals surface area (Å²) >= 11 is 0. The molecule has 3 amide bonds. The summed E-state index contributed by atoms with van der Waals surface area (Å²) in [5, 5.41) is -0.196. The molecule has 0 saturated carbocycles. The zero-order valence-electron chi connectivity index (χ0n) is 22.8. The summed E-state index contributed by atoms with van der Waals surface area (Å²) in [6.07, 6.45) is -2.84. The number of carbonyl (C=O) groups is 2. The smallest absolute Gasteiger partial charge is 0.417 e. The van der Waals surface area contributed by atoms with Gasteiger partial charge in [-0.25, -0.2) is 9.59 Å². The summed E-state index contributed by atoms with van der Waals surface area (Å²) in [6, 6.07) is 9.74. The molecule has 1 unspecified atom stereocenters. The second-order valence-electron chi connectivity index (χ2n) is 9.80. The van der Waals surface area contributed by atoms with Crippen molar-refractivity contribution in [1.82, 2.24) is 9.80 Å². The van der Waals surface area contributed by atoms with Crippen LogP contribution in [0.4, 0.5) is 18.0 Å². The minimum Gasteiger partial charge on any atom is -0.497 e. The molecule has 2 aromatic carbocycles. The van der Waals surface area contributed by atoms with Gasteiger partial charge in [0.2, 0.25) is 0 Å². The first-order valence-corrected chi connectivity index (χ1v) is 13.0. The Morgan fingerprint density at radius 2 is 1.73 bits per heavy atom. The van der Waals surface area contributed by atoms with Crippen LogP contribution in [0, 0.1) is 0 Å². The first-order valence-electron chi connectivity index (χ1n) is 13.0. The Labute approximate surface area is 229 Å². The van der Waals surface area contributed by atoms with Crippen LogP contribution in [0.2, 0.25) is 0 Å². The highest BCUT2D eigenvalue weighted by molar-refractivity contribution is 6.07. The summed E-state index contributed by atoms with van der Waals surface area (Å²) in [7, 11) is 3.13. The molecule has 1 aromatic heterocycles. The highest BCUT2D eigenvalue weighted by Gasteiger charge is 2.53. The van der Waals surface area contributed by atoms with Gasteiger partial charge in [0.15, 0.2) is 0 Å². The maximum absolute atomic E-state index is 13.5. The number of urea groups is 1. The molecular formula is C29H31F3N2O6. The van der Waals surface area contributed by atoms with Crippen LogP contribution in [0.1, 0.15) is 49.8 Å². The Bertz CT molecular complexity index is 1470. The number of imide groups is 1. The topological polar surface area (TPSA) is 89.3 Å². The summed E-state index contributed by atoms with van der Waals surface area (Å²) in [6.45, 7) is 3.93. The molecule has 0 radical (unpaired) electrons. The van der Waals surface area contributed by atoms with Crippen LogP contribution in [-0.2, 0) is 22.9 Å². The molecule has 1 saturated heterocycles. The van der Waals surface area contributed by atoms with E-state index in [9.17, 15) is 27.6 Å². The van der Waals surface area contributed by atoms with E-state index in [1.807, 2.05) is 6.92 Å². The Morgan fingerprint density at radius 1 is 1.02 bits per heavy atom. The van der Waals surface area contributed by atoms with E-state index in [-0.39, 0.29) is 30.0 Å². The first-order chi connectivity index (χ1) is 18.9. The van der Waals surface area contributed by atoms with Crippen LogP contribution in [0.25, 0.3) is 11.0 Å². The molecule has 2 heterocycles. The number of rotatable bonds is 10. The zero-order valence-corrected chi connectivity index (χ0v) is 22.8. The predicted octanol–water partition coefficient (Wildman–Crippen LogP) is 5.74. The second-order valence-corrected chi connectivity index (χ2v) is 9.80. The highest BCUT2D eigenvalue weighted by Crippen LogP contribution is 2.38. The van der Waals surface area contributed by atoms with Crippen LogP contribution in [-0.4, -0.2) is 49.0 Å². The van der Waals surface area contributed by atoms with Gasteiger partial charge < -0.3 is 18.8 Å². The number of amides is 3. The molecule has 1 fully saturated rings. The van der Waals surface area contributed by atoms with E-state index in [0.717, 1.165) is 0 Å². The molecule has 1 atom stereocenters. The van der Waals surface area contributed by atoms with Gasteiger partial charge in [-0.05, 0) is 56.0 Å². The van der Waals surface area contributed by atoms with Gasteiger partial charge in [0.25, 0.3) is 5.91 Å². The number of hydrogen-bond donors (Lipinski definition) is 0. The SMILES string of the molecule is CCCc1c(OCCCCN2C(=O)N(C)C(C)(c3ccc(OC)cc3)C2=O)ccc2c(C(F)(F)F)cc(=O)oc12. The number of alkyl halides is 3. The molecule has 1 aliphatic rings. The number of fused-ring (bicyclic) bond motifs is 1. The number of unbranched alkanes of at least 4 members (excludes halogenated alkanes) is 1. The van der Waals surface area contributed by atoms with Crippen molar-refractivity contribution in [3.8, 4) is 11.5 Å². The fraction of sp³-hybridized carbons (Fsp3) is 0.414. The lowest BCUT2D eigenvalue weighted by atomic mass is 9.90. The summed E-state index contributed by atoms with van der Waals surface area (Å²) in [5.41, 5.74) is -2.35. The van der Waals surface area contributed by atoms with Gasteiger partial charge in [-0.2, -0.15) is 13.2 Å². The number of benzene rings is 2. The van der Waals surface area contributed by atoms with Gasteiger partial charge in [-0.15, -0.1) is 0 Å². The molecule has 40 heavy (non-hydrogen) atoms. The van der Waals surface area contributed by atoms with Crippen molar-refractivity contribution < 1.29 is 36.7 Å². The first kappa shape index (κ1) is 29.0. The van der Waals surface area contributed by atoms with E-state index in [2.05, 4.69) is 0 Å². The number of halogens is 3. The Balaban J connectivity index is 1.44. The Hall–Kier alpha value is -4.02. The third kappa shape index (κ3) is 5.24. The van der Waals surface area contributed by atoms with Crippen LogP contribution in [0.3, 0.4) is 0 Å². The molecule has 214 valence electrons. The fourth-order valence-electron chi connectivity index (χ4n) is 4.97. The third-order valence-electron chi connectivity index (χ3n) is 7.31. The van der Waals surface area contributed by atoms with Crippen molar-refractivity contribution in [3.63, 3.8) is 0 Å². The molecule has 1 aliphatic heterocycles. The second kappa shape index (κ2) is 11.2. The summed E-state index contributed by atoms with van der Waals surface area (Å²) < 4.78 is 56.8. The van der Waals surface area contributed by atoms with E-state index >= 15 is 0 Å². The van der Waals surface area contributed by atoms with Gasteiger partial charge in [-0.1, -0.05) is 25.5 Å². The third-order valence-corrected chi connectivity index (χ3v) is 7.31. The van der Waals surface area contributed by atoms with Crippen LogP contribution in [0.15, 0.2) is 51.7 Å². The fourth-order valence-corrected chi connectivity index (χ4v) is 4.97. The maximum Gasteiger partial charge on any atom is 0.417 e. The molecule has 0 bridgehead atoms. The van der Waals surface area contributed by atoms with Crippen LogP contribution < -0.4 is 15.1 Å². The minimum absolute atomic E-state index is 0.131. The van der Waals surface area contributed by atoms with Crippen molar-refractivity contribution >= 4 is 22.9 Å². The van der Waals surface area contributed by atoms with Crippen LogP contribution >= 0.6 is 0 Å². The number of ether oxygens (including phenoxy) is 2. The number of methoxy groups -OCH3 is 1. The average molecular weight is 561 g/mol. The zero-order chi connectivity index (χ0) is 29.2. The Morgan fingerprint density at radius 3 is 2.35 bits per heavy atom. The molecule has 11 heteroatoms. The van der Waals surface area contributed by atoms with Gasteiger partial charge in [0.1, 0.15) is 22.6 Å². The van der Waals surface area contributed by atoms with Gasteiger partial charge >= 0.3 is 17.8 Å². The summed E-state index contributed by atoms with van der Waals surface area (Å²) in [4.78, 5) is 40.8. The standard InChI is InChI=1S/C29H31F3N2O6/c1-5-8-21-23(14-13-20-22(29(30,31)32)17-24(35)40-25(20)21)39-16-7-6-15-34-26(36)28(2,33(3)27(34)37)18-9-11-19(38-4)12-10-18/h9-14,17H,5-8,15-16H2,1-4H3. The molecule has 0 N–H and O–H groups in total. The van der Waals surface area contributed by atoms with E-state index in [0.29, 0.717) is 54.4 Å². The number of carbonyl (C=O) groups excluding carboxylic acids is 2. The average Bonchev–Trinajstić information content (AvgIpc) is 3.09. The van der Waals surface area contributed by atoms with E-state index in [1.54, 1.807) is 45.3 Å². The van der Waals surface area contributed by atoms with Crippen molar-refractivity contribution in [2.24, 2.45) is 0 Å². The monoisotopic (exact) mass is 560 g/mol. The maximum atomic E-state index is 13.5. The molecule has 4 rings (SSSR count). The van der Waals surface area contributed by atoms with Crippen molar-refractivity contribution in [2.45, 2.75) is 51.2 Å². The van der Waals surface area contributed by atoms with E-state index < -0.39 is 28.9 Å². The van der Waals surface area contributed by atoms with E-state index in [4.69, 9.17) is 13.9 Å². The van der Waals surface area contributed by atoms with Gasteiger partial charge in [0.05, 0.1) is 19.3 Å². The lowest BCUT2D eigenvalue weighted by Crippen LogP contribution is -2.42. The molecule has 0 spiro atoms. The number of hydrogen-bond acceptors (Lipinski definition) is 6. The Kier molecular flexibility index (Phi) is 8.13. The molecule has 3 aromatic rings. The van der Waals surface area contributed by atoms with Crippen LogP contribution in [0.5, 0.6) is 11.5 Å². The highest BCUT2D eigenvalue weighted by atomic mass is 19.4. The van der Waals surface area contributed by atoms with Gasteiger partial charge in [-0.3, -0.25) is 9.69 Å². The minimum atomic E-state index is -4.71. The summed E-state index contributed by atoms with van der Waals surface area (Å²) in [5.74, 6) is 0.637. The van der Waals surface area contributed by atoms with Gasteiger partial charge in [0, 0.05) is 30.6 Å². The largest absolute Gasteiger partial charge is 0.497 e. The van der Waals surface area contributed by atoms with Crippen molar-refractivity contribution in [3.05, 3.63) is 69.6 Å². The van der Waals surface area contributed by atoms with Crippen molar-refractivity contribution in [2.75, 3.05) is 27.3 Å². The van der Waals surface area contributed by atoms with E-state index in [1.165, 1.54) is 21.9 Å². The number of likely N-dealkylation sites (N-methyl/N-ethyl adjacent to an activating group) is 1. The lowest BCUT2D eigenvalue weighted by molar-refractivity contribution is -0.136. The number of aryl methyl sites for hydroxylation is 1. The predicted molar refractivity (Wildman–Crippen MR) is 141 cm³/mol.